The van der Waals surface area contributed by atoms with E-state index in [1.54, 1.807) is 30.7 Å². The number of nitrogens with one attached hydrogen (secondary N) is 3. The molecule has 8 unspecified atom stereocenters. The molecule has 8 aliphatic rings. The first-order valence-corrected chi connectivity index (χ1v) is 43.0. The van der Waals surface area contributed by atoms with E-state index in [0.717, 1.165) is 122 Å². The maximum atomic E-state index is 14.5. The summed E-state index contributed by atoms with van der Waals surface area (Å²) in [4.78, 5) is 22.0. The molecule has 4 saturated carbocycles. The molecule has 634 valence electrons. The van der Waals surface area contributed by atoms with Crippen molar-refractivity contribution in [2.45, 2.75) is 222 Å². The van der Waals surface area contributed by atoms with Gasteiger partial charge in [-0.1, -0.05) is 0 Å². The number of aliphatic hydroxyl groups is 8. The van der Waals surface area contributed by atoms with Gasteiger partial charge >= 0.3 is 6.18 Å². The zero-order chi connectivity index (χ0) is 84.6. The van der Waals surface area contributed by atoms with E-state index < -0.39 is 91.0 Å². The molecular formula is C90H95BrF4IN13O12. The van der Waals surface area contributed by atoms with Crippen molar-refractivity contribution in [3.63, 3.8) is 0 Å². The summed E-state index contributed by atoms with van der Waals surface area (Å²) in [5, 5.41) is 109. The second-order valence-electron chi connectivity index (χ2n) is 32.9. The van der Waals surface area contributed by atoms with Gasteiger partial charge in [-0.25, -0.2) is 29.3 Å². The normalized spacial score (nSPS) is 26.1. The molecule has 16 atom stereocenters. The quantitative estimate of drug-likeness (QED) is 0.0400. The Hall–Kier alpha value is -9.25. The lowest BCUT2D eigenvalue weighted by molar-refractivity contribution is -0.137. The molecule has 0 bridgehead atoms. The van der Waals surface area contributed by atoms with E-state index in [1.165, 1.54) is 33.5 Å². The fourth-order valence-corrected chi connectivity index (χ4v) is 20.2. The lowest BCUT2D eigenvalue weighted by Gasteiger charge is -2.25. The number of pyridine rings is 3. The van der Waals surface area contributed by atoms with Gasteiger partial charge < -0.3 is 94.0 Å². The van der Waals surface area contributed by atoms with Gasteiger partial charge in [0.2, 0.25) is 0 Å². The molecule has 0 radical (unpaired) electrons. The number of halogens is 6. The maximum Gasteiger partial charge on any atom is 0.416 e. The van der Waals surface area contributed by atoms with Gasteiger partial charge in [-0.2, -0.15) is 18.4 Å². The lowest BCUT2D eigenvalue weighted by atomic mass is 9.91. The second-order valence-corrected chi connectivity index (χ2v) is 34.9. The van der Waals surface area contributed by atoms with Crippen LogP contribution >= 0.6 is 38.5 Å². The molecule has 11 N–H and O–H groups in total. The Kier molecular flexibility index (Phi) is 24.2. The van der Waals surface area contributed by atoms with Crippen molar-refractivity contribution in [1.82, 2.24) is 59.1 Å². The van der Waals surface area contributed by atoms with Crippen LogP contribution in [0.25, 0.3) is 44.1 Å². The summed E-state index contributed by atoms with van der Waals surface area (Å²) in [6.07, 6.45) is 6.92. The fraction of sp³-hybridized carbons (Fsp3) is 0.422. The van der Waals surface area contributed by atoms with Gasteiger partial charge in [0.15, 0.2) is 0 Å². The van der Waals surface area contributed by atoms with Gasteiger partial charge in [-0.15, -0.1) is 0 Å². The molecule has 8 aromatic heterocycles. The Morgan fingerprint density at radius 3 is 1.31 bits per heavy atom. The van der Waals surface area contributed by atoms with E-state index in [0.29, 0.717) is 109 Å². The molecule has 31 heteroatoms. The number of rotatable bonds is 12. The van der Waals surface area contributed by atoms with Crippen LogP contribution in [0.2, 0.25) is 0 Å². The number of nitrogens with zero attached hydrogens (tertiary/aromatic N) is 10. The van der Waals surface area contributed by atoms with Crippen LogP contribution in [0, 0.1) is 48.4 Å². The smallest absolute Gasteiger partial charge is 0.416 e. The first-order chi connectivity index (χ1) is 58.3. The summed E-state index contributed by atoms with van der Waals surface area (Å²) < 4.78 is 88.8. The summed E-state index contributed by atoms with van der Waals surface area (Å²) in [6.45, 7) is 11.7. The zero-order valence-electron chi connectivity index (χ0n) is 66.9. The van der Waals surface area contributed by atoms with Gasteiger partial charge in [-0.05, 0) is 260 Å². The topological polar surface area (TPSA) is 343 Å². The minimum Gasteiger partial charge on any atom is -0.487 e. The van der Waals surface area contributed by atoms with Crippen molar-refractivity contribution in [2.75, 3.05) is 19.6 Å². The van der Waals surface area contributed by atoms with Crippen LogP contribution in [0.1, 0.15) is 141 Å². The van der Waals surface area contributed by atoms with E-state index in [1.807, 2.05) is 125 Å². The molecule has 12 aromatic rings. The number of aliphatic hydroxyl groups excluding tert-OH is 8. The summed E-state index contributed by atoms with van der Waals surface area (Å²) in [6, 6.07) is 25.8. The molecule has 0 amide bonds. The summed E-state index contributed by atoms with van der Waals surface area (Å²) >= 11 is 5.67. The third-order valence-electron chi connectivity index (χ3n) is 25.6. The molecule has 5 aliphatic carbocycles. The summed E-state index contributed by atoms with van der Waals surface area (Å²) in [5.74, 6) is 1.84. The van der Waals surface area contributed by atoms with E-state index in [-0.39, 0.29) is 36.1 Å². The molecule has 11 heterocycles. The molecule has 3 aliphatic heterocycles. The van der Waals surface area contributed by atoms with Gasteiger partial charge in [0.25, 0.3) is 0 Å². The van der Waals surface area contributed by atoms with Crippen LogP contribution < -0.4 is 34.9 Å². The van der Waals surface area contributed by atoms with Crippen LogP contribution in [0.15, 0.2) is 139 Å². The molecule has 0 spiro atoms. The zero-order valence-corrected chi connectivity index (χ0v) is 70.7. The third-order valence-corrected chi connectivity index (χ3v) is 27.2. The molecule has 4 aromatic carbocycles. The molecule has 121 heavy (non-hydrogen) atoms. The van der Waals surface area contributed by atoms with Crippen molar-refractivity contribution in [3.05, 3.63) is 227 Å². The molecule has 4 fully saturated rings. The highest BCUT2D eigenvalue weighted by molar-refractivity contribution is 14.1. The average molecular weight is 1830 g/mol. The third kappa shape index (κ3) is 16.3. The van der Waals surface area contributed by atoms with Crippen molar-refractivity contribution in [1.29, 1.82) is 5.26 Å². The largest absolute Gasteiger partial charge is 0.487 e. The highest BCUT2D eigenvalue weighted by Crippen LogP contribution is 2.46. The van der Waals surface area contributed by atoms with Gasteiger partial charge in [0.1, 0.15) is 131 Å². The minimum absolute atomic E-state index is 0.102. The molecule has 0 saturated heterocycles. The van der Waals surface area contributed by atoms with Crippen LogP contribution in [-0.4, -0.2) is 177 Å². The summed E-state index contributed by atoms with van der Waals surface area (Å²) in [5.41, 5.74) is 14.4. The molecular weight excluding hydrogens is 1740 g/mol. The maximum absolute atomic E-state index is 14.5. The van der Waals surface area contributed by atoms with Gasteiger partial charge in [0.05, 0.1) is 51.5 Å². The first-order valence-electron chi connectivity index (χ1n) is 41.2. The Labute approximate surface area is 716 Å². The highest BCUT2D eigenvalue weighted by Gasteiger charge is 2.49. The Morgan fingerprint density at radius 1 is 0.446 bits per heavy atom. The number of nitriles is 1. The fourth-order valence-electron chi connectivity index (χ4n) is 19.0. The van der Waals surface area contributed by atoms with E-state index in [2.05, 4.69) is 91.5 Å². The molecule has 25 nitrogen and oxygen atoms in total. The highest BCUT2D eigenvalue weighted by atomic mass is 127. The monoisotopic (exact) mass is 1830 g/mol. The predicted molar refractivity (Wildman–Crippen MR) is 455 cm³/mol. The average Bonchev–Trinajstić information content (AvgIpc) is 1.57. The van der Waals surface area contributed by atoms with Crippen LogP contribution in [0.4, 0.5) is 17.6 Å². The number of hydrogen-bond acceptors (Lipinski definition) is 21. The lowest BCUT2D eigenvalue weighted by Crippen LogP contribution is -2.35. The van der Waals surface area contributed by atoms with Crippen molar-refractivity contribution < 1.29 is 77.4 Å². The molecule has 20 rings (SSSR count). The number of aromatic nitrogens is 9. The van der Waals surface area contributed by atoms with E-state index in [4.69, 9.17) is 18.9 Å². The van der Waals surface area contributed by atoms with Crippen LogP contribution in [-0.2, 0) is 57.9 Å². The first kappa shape index (κ1) is 84.0. The predicted octanol–water partition coefficient (Wildman–Crippen LogP) is 11.4. The van der Waals surface area contributed by atoms with Crippen molar-refractivity contribution in [2.24, 2.45) is 0 Å². The second kappa shape index (κ2) is 34.8. The standard InChI is InChI=1S/C23H24F3N3O3.C23H24N4O3.C22H23BrFN3O3.C22H24IN3O3/c1-12-2-6-28-22-15(12)4-7-29(22)17-10-19(21(31)20(17)30)32-18-9-14(23(24,25)26)8-13-3-5-27-11-16(13)18;1-13-2-6-26-23-16(13)4-7-27(23)18-10-20(22(29)21(18)28)30-19-9-14(11-24)8-15-3-5-25-12-17(15)19;1-11-2-6-26-22-12(11)4-7-27(22)16-9-18(21(29)20(16)28)30-17-8-15(23)19(24)13-3-5-25-10-14(13)17;1-12-13-8-9-26(22(13)25-11-24-12)17-10-19(21(28)20(17)27)29-18-7-6-16(23)14-4-2-3-5-15(14)18/h2,4,6-9,17,19-21,27,30-31H,3,5,10-11H2,1H3;2,4,6-9,18,20-22,25,28-29H,3,5,10,12H2,1H3;2,4,6-8,16,18,20-21,25,28-29H,3,5,9-10H2,1H3;6-9,11,17,19-21,27-28H,2-5,10H2,1H3/t17?,19?,20-,21+;18?,20?,21-,22+;16?,18?,20-,21+;17?,19?,20-,21+/m0000/s1. The van der Waals surface area contributed by atoms with Gasteiger partial charge in [0, 0.05) is 131 Å². The number of alkyl halides is 3. The van der Waals surface area contributed by atoms with E-state index >= 15 is 0 Å². The van der Waals surface area contributed by atoms with Crippen LogP contribution in [0.3, 0.4) is 0 Å². The summed E-state index contributed by atoms with van der Waals surface area (Å²) in [7, 11) is 0. The van der Waals surface area contributed by atoms with E-state index in [9.17, 15) is 63.7 Å². The van der Waals surface area contributed by atoms with Crippen molar-refractivity contribution >= 4 is 82.7 Å². The van der Waals surface area contributed by atoms with Gasteiger partial charge in [-0.3, -0.25) is 0 Å². The number of aryl methyl sites for hydroxylation is 4. The number of ether oxygens (including phenoxy) is 4. The Bertz CT molecular complexity index is 5920. The number of benzene rings is 4. The minimum atomic E-state index is -4.50. The Balaban J connectivity index is 0.000000115. The Morgan fingerprint density at radius 2 is 0.851 bits per heavy atom. The number of fused-ring (bicyclic) bond motifs is 8. The van der Waals surface area contributed by atoms with Crippen molar-refractivity contribution in [3.8, 4) is 29.1 Å². The number of hydrogen-bond donors (Lipinski definition) is 11. The van der Waals surface area contributed by atoms with Crippen LogP contribution in [0.5, 0.6) is 23.0 Å². The SMILES string of the molecule is Cc1ccnc2c1ccn2C1CC(Oc2cc(Br)c(F)c3c2CNCC3)[C@@H](O)[C@H]1O.Cc1ccnc2c1ccn2C1CC(Oc2cc(C#N)cc3c2CNCC3)[C@@H](O)[C@H]1O.Cc1ccnc2c1ccn2C1CC(Oc2cc(C(F)(F)F)cc3c2CNCC3)[C@@H](O)[C@H]1O.Cc1ncnc2c1ccn2C1CC(Oc2ccc(I)c3c2CCCC3)[C@@H](O)[C@H]1O.